The lowest BCUT2D eigenvalue weighted by Gasteiger charge is -2.42. The Morgan fingerprint density at radius 3 is 2.21 bits per heavy atom. The molecule has 2 aromatic carbocycles. The van der Waals surface area contributed by atoms with Crippen LogP contribution in [0.1, 0.15) is 75.0 Å². The number of nitrogens with one attached hydrogen (secondary N) is 1. The quantitative estimate of drug-likeness (QED) is 0.237. The maximum atomic E-state index is 12.8. The van der Waals surface area contributed by atoms with Crippen molar-refractivity contribution in [3.8, 4) is 11.1 Å². The monoisotopic (exact) mass is 530 g/mol. The molecule has 0 spiro atoms. The Morgan fingerprint density at radius 1 is 0.921 bits per heavy atom. The van der Waals surface area contributed by atoms with Crippen LogP contribution in [0.25, 0.3) is 11.1 Å². The molecule has 1 saturated heterocycles. The van der Waals surface area contributed by atoms with E-state index in [1.54, 1.807) is 18.0 Å². The number of hydrogen-bond acceptors (Lipinski definition) is 5. The van der Waals surface area contributed by atoms with E-state index in [1.165, 1.54) is 5.56 Å². The molecule has 0 radical (unpaired) electrons. The predicted molar refractivity (Wildman–Crippen MR) is 158 cm³/mol. The normalized spacial score (nSPS) is 16.0. The van der Waals surface area contributed by atoms with Gasteiger partial charge >= 0.3 is 7.12 Å². The van der Waals surface area contributed by atoms with Gasteiger partial charge in [-0.15, -0.1) is 11.8 Å². The smallest absolute Gasteiger partial charge is 0.399 e. The van der Waals surface area contributed by atoms with Gasteiger partial charge in [-0.2, -0.15) is 0 Å². The van der Waals surface area contributed by atoms with Crippen molar-refractivity contribution >= 4 is 30.3 Å². The Hall–Kier alpha value is -2.61. The van der Waals surface area contributed by atoms with Crippen LogP contribution >= 0.6 is 11.8 Å². The molecule has 5 nitrogen and oxygen atoms in total. The Labute approximate surface area is 232 Å². The first kappa shape index (κ1) is 28.4. The van der Waals surface area contributed by atoms with Gasteiger partial charge in [0.15, 0.2) is 0 Å². The molecule has 7 heteroatoms. The summed E-state index contributed by atoms with van der Waals surface area (Å²) in [6, 6.07) is 18.2. The summed E-state index contributed by atoms with van der Waals surface area (Å²) in [6.07, 6.45) is 7.49. The number of thioether (sulfide) groups is 1. The van der Waals surface area contributed by atoms with Crippen LogP contribution in [-0.4, -0.2) is 35.5 Å². The molecule has 1 aliphatic heterocycles. The van der Waals surface area contributed by atoms with Crippen LogP contribution in [0.2, 0.25) is 0 Å². The Morgan fingerprint density at radius 2 is 1.58 bits per heavy atom. The zero-order valence-electron chi connectivity index (χ0n) is 23.5. The number of pyridine rings is 1. The summed E-state index contributed by atoms with van der Waals surface area (Å²) in [5.41, 5.74) is 5.19. The van der Waals surface area contributed by atoms with E-state index < -0.39 is 7.12 Å². The van der Waals surface area contributed by atoms with E-state index in [2.05, 4.69) is 69.2 Å². The van der Waals surface area contributed by atoms with Crippen LogP contribution in [-0.2, 0) is 15.9 Å². The number of aromatic nitrogens is 1. The lowest BCUT2D eigenvalue weighted by Crippen LogP contribution is -2.50. The summed E-state index contributed by atoms with van der Waals surface area (Å²) in [4.78, 5) is 18.4. The molecule has 0 aliphatic carbocycles. The van der Waals surface area contributed by atoms with Gasteiger partial charge in [-0.05, 0) is 85.3 Å². The fraction of sp³-hybridized carbons (Fsp3) is 0.419. The molecule has 3 aromatic rings. The number of carbonyl (C=O) groups excluding carboxylic acids is 1. The molecule has 2 heterocycles. The van der Waals surface area contributed by atoms with Crippen LogP contribution in [0, 0.1) is 6.92 Å². The molecule has 1 amide bonds. The maximum Gasteiger partial charge on any atom is 0.494 e. The van der Waals surface area contributed by atoms with E-state index in [4.69, 9.17) is 9.31 Å². The third-order valence-electron chi connectivity index (χ3n) is 8.19. The lowest BCUT2D eigenvalue weighted by molar-refractivity contribution is -0.0601. The first-order chi connectivity index (χ1) is 18.3. The molecular formula is C31H39BN2O3S. The molecule has 1 N–H and O–H groups in total. The summed E-state index contributed by atoms with van der Waals surface area (Å²) in [6.45, 7) is 11.2. The maximum absolute atomic E-state index is 12.8. The second-order valence-corrected chi connectivity index (χ2v) is 10.8. The number of nitrogens with zero attached hydrogens (tertiary/aromatic N) is 1. The minimum absolute atomic E-state index is 0.101. The van der Waals surface area contributed by atoms with E-state index >= 15 is 0 Å². The SMILES string of the molecule is CCC1(CC)OB(c2cccc(-c3ccnc(CNC(=O)c4ccc(C)c(SC)c4)c3)c2)OC1(CC)CC. The molecule has 0 atom stereocenters. The van der Waals surface area contributed by atoms with E-state index in [9.17, 15) is 4.79 Å². The van der Waals surface area contributed by atoms with Crippen LogP contribution in [0.15, 0.2) is 65.7 Å². The minimum atomic E-state index is -0.393. The van der Waals surface area contributed by atoms with Crippen LogP contribution < -0.4 is 10.8 Å². The number of benzene rings is 2. The molecular weight excluding hydrogens is 491 g/mol. The van der Waals surface area contributed by atoms with Crippen molar-refractivity contribution in [2.75, 3.05) is 6.26 Å². The number of rotatable bonds is 10. The van der Waals surface area contributed by atoms with Crippen molar-refractivity contribution in [1.29, 1.82) is 0 Å². The standard InChI is InChI=1S/C31H39BN2O3S/c1-7-30(8-2)31(9-3,10-4)37-32(36-30)26-13-11-12-23(18-26)24-16-17-33-27(19-24)21-34-29(35)25-15-14-22(5)28(20-25)38-6/h11-20H,7-10,21H2,1-6H3,(H,34,35). The third kappa shape index (κ3) is 5.42. The second-order valence-electron chi connectivity index (χ2n) is 10.00. The zero-order chi connectivity index (χ0) is 27.3. The van der Waals surface area contributed by atoms with Crippen LogP contribution in [0.4, 0.5) is 0 Å². The van der Waals surface area contributed by atoms with Gasteiger partial charge in [-0.25, -0.2) is 0 Å². The highest BCUT2D eigenvalue weighted by atomic mass is 32.2. The van der Waals surface area contributed by atoms with Crippen LogP contribution in [0.5, 0.6) is 0 Å². The summed E-state index contributed by atoms with van der Waals surface area (Å²) in [5, 5.41) is 3.01. The Kier molecular flexibility index (Phi) is 9.02. The molecule has 4 rings (SSSR count). The van der Waals surface area contributed by atoms with Gasteiger partial charge in [0.05, 0.1) is 23.4 Å². The highest BCUT2D eigenvalue weighted by molar-refractivity contribution is 7.98. The first-order valence-electron chi connectivity index (χ1n) is 13.7. The van der Waals surface area contributed by atoms with Crippen LogP contribution in [0.3, 0.4) is 0 Å². The van der Waals surface area contributed by atoms with Gasteiger partial charge in [0.25, 0.3) is 5.91 Å². The van der Waals surface area contributed by atoms with E-state index in [-0.39, 0.29) is 17.1 Å². The van der Waals surface area contributed by atoms with Gasteiger partial charge < -0.3 is 14.6 Å². The summed E-state index contributed by atoms with van der Waals surface area (Å²) in [5.74, 6) is -0.101. The Balaban J connectivity index is 1.51. The van der Waals surface area contributed by atoms with Gasteiger partial charge in [0.1, 0.15) is 0 Å². The van der Waals surface area contributed by atoms with Gasteiger partial charge in [0, 0.05) is 16.7 Å². The van der Waals surface area contributed by atoms with Crippen molar-refractivity contribution in [1.82, 2.24) is 10.3 Å². The molecule has 200 valence electrons. The number of aryl methyl sites for hydroxylation is 1. The van der Waals surface area contributed by atoms with E-state index in [1.807, 2.05) is 36.6 Å². The minimum Gasteiger partial charge on any atom is -0.399 e. The second kappa shape index (κ2) is 12.1. The fourth-order valence-electron chi connectivity index (χ4n) is 5.76. The predicted octanol–water partition coefficient (Wildman–Crippen LogP) is 6.57. The summed E-state index contributed by atoms with van der Waals surface area (Å²) < 4.78 is 13.4. The number of hydrogen-bond donors (Lipinski definition) is 1. The molecule has 1 aromatic heterocycles. The first-order valence-corrected chi connectivity index (χ1v) is 14.9. The molecule has 0 bridgehead atoms. The molecule has 0 unspecified atom stereocenters. The molecule has 1 fully saturated rings. The van der Waals surface area contributed by atoms with Gasteiger partial charge in [-0.3, -0.25) is 9.78 Å². The molecule has 38 heavy (non-hydrogen) atoms. The lowest BCUT2D eigenvalue weighted by atomic mass is 9.75. The van der Waals surface area contributed by atoms with E-state index in [0.29, 0.717) is 12.1 Å². The fourth-order valence-corrected chi connectivity index (χ4v) is 6.39. The van der Waals surface area contributed by atoms with Crippen molar-refractivity contribution in [2.45, 2.75) is 82.9 Å². The summed E-state index contributed by atoms with van der Waals surface area (Å²) in [7, 11) is -0.393. The van der Waals surface area contributed by atoms with Gasteiger partial charge in [0.2, 0.25) is 0 Å². The van der Waals surface area contributed by atoms with Gasteiger partial charge in [-0.1, -0.05) is 58.0 Å². The van der Waals surface area contributed by atoms with Crippen molar-refractivity contribution in [2.24, 2.45) is 0 Å². The average molecular weight is 531 g/mol. The Bertz CT molecular complexity index is 1250. The van der Waals surface area contributed by atoms with Crippen molar-refractivity contribution < 1.29 is 14.1 Å². The largest absolute Gasteiger partial charge is 0.494 e. The number of carbonyl (C=O) groups is 1. The zero-order valence-corrected chi connectivity index (χ0v) is 24.3. The molecule has 0 saturated carbocycles. The van der Waals surface area contributed by atoms with Crippen molar-refractivity contribution in [3.05, 3.63) is 77.6 Å². The summed E-state index contributed by atoms with van der Waals surface area (Å²) >= 11 is 1.65. The molecule has 1 aliphatic rings. The highest BCUT2D eigenvalue weighted by Crippen LogP contribution is 2.46. The average Bonchev–Trinajstić information content (AvgIpc) is 3.31. The highest BCUT2D eigenvalue weighted by Gasteiger charge is 2.58. The topological polar surface area (TPSA) is 60.5 Å². The van der Waals surface area contributed by atoms with E-state index in [0.717, 1.165) is 52.9 Å². The third-order valence-corrected chi connectivity index (χ3v) is 9.07. The van der Waals surface area contributed by atoms with Crippen molar-refractivity contribution in [3.63, 3.8) is 0 Å². The number of amides is 1.